The lowest BCUT2D eigenvalue weighted by Gasteiger charge is -2.13. The Morgan fingerprint density at radius 1 is 1.09 bits per heavy atom. The van der Waals surface area contributed by atoms with Crippen LogP contribution in [-0.2, 0) is 4.74 Å². The topological polar surface area (TPSA) is 55.4 Å². The molecule has 2 aliphatic rings. The summed E-state index contributed by atoms with van der Waals surface area (Å²) in [5.74, 6) is -0.161. The van der Waals surface area contributed by atoms with E-state index >= 15 is 0 Å². The summed E-state index contributed by atoms with van der Waals surface area (Å²) >= 11 is 0. The number of carbonyl (C=O) groups excluding carboxylic acids is 2. The molecule has 1 saturated heterocycles. The second-order valence-electron chi connectivity index (χ2n) is 5.95. The van der Waals surface area contributed by atoms with E-state index < -0.39 is 0 Å². The Balaban J connectivity index is 1.66. The molecule has 4 rings (SSSR count). The fourth-order valence-electron chi connectivity index (χ4n) is 3.37. The number of hydrogen-bond donors (Lipinski definition) is 1. The van der Waals surface area contributed by atoms with Crippen LogP contribution in [0.4, 0.5) is 0 Å². The highest BCUT2D eigenvalue weighted by atomic mass is 16.5. The van der Waals surface area contributed by atoms with Gasteiger partial charge >= 0.3 is 0 Å². The highest BCUT2D eigenvalue weighted by Gasteiger charge is 2.30. The minimum absolute atomic E-state index is 0.00984. The van der Waals surface area contributed by atoms with Crippen molar-refractivity contribution < 1.29 is 14.3 Å². The zero-order chi connectivity index (χ0) is 15.8. The second kappa shape index (κ2) is 5.63. The summed E-state index contributed by atoms with van der Waals surface area (Å²) in [7, 11) is 0. The van der Waals surface area contributed by atoms with Gasteiger partial charge in [0.15, 0.2) is 5.78 Å². The number of fused-ring (bicyclic) bond motifs is 3. The summed E-state index contributed by atoms with van der Waals surface area (Å²) in [5.41, 5.74) is 3.42. The molecule has 23 heavy (non-hydrogen) atoms. The molecule has 1 aliphatic heterocycles. The van der Waals surface area contributed by atoms with Crippen LogP contribution < -0.4 is 5.32 Å². The first-order valence-electron chi connectivity index (χ1n) is 7.92. The van der Waals surface area contributed by atoms with Gasteiger partial charge in [-0.05, 0) is 24.5 Å². The number of amides is 1. The van der Waals surface area contributed by atoms with E-state index in [1.807, 2.05) is 24.3 Å². The molecule has 0 bridgehead atoms. The van der Waals surface area contributed by atoms with Crippen LogP contribution in [0.1, 0.15) is 39.1 Å². The monoisotopic (exact) mass is 307 g/mol. The SMILES string of the molecule is O=C(NCC1CCCO1)c1cccc2c1-c1ccccc1C2=O. The predicted octanol–water partition coefficient (Wildman–Crippen LogP) is 2.81. The molecular weight excluding hydrogens is 290 g/mol. The maximum atomic E-state index is 12.6. The van der Waals surface area contributed by atoms with Gasteiger partial charge in [-0.3, -0.25) is 9.59 Å². The zero-order valence-corrected chi connectivity index (χ0v) is 12.7. The Morgan fingerprint density at radius 3 is 2.65 bits per heavy atom. The van der Waals surface area contributed by atoms with E-state index in [4.69, 9.17) is 4.74 Å². The number of nitrogens with one attached hydrogen (secondary N) is 1. The molecule has 1 amide bonds. The lowest BCUT2D eigenvalue weighted by molar-refractivity contribution is 0.0858. The molecular formula is C19H17NO3. The maximum Gasteiger partial charge on any atom is 0.252 e. The molecule has 0 radical (unpaired) electrons. The fraction of sp³-hybridized carbons (Fsp3) is 0.263. The van der Waals surface area contributed by atoms with E-state index in [2.05, 4.69) is 5.32 Å². The van der Waals surface area contributed by atoms with Crippen molar-refractivity contribution in [3.05, 3.63) is 59.2 Å². The first kappa shape index (κ1) is 14.2. The lowest BCUT2D eigenvalue weighted by Crippen LogP contribution is -2.32. The van der Waals surface area contributed by atoms with Gasteiger partial charge in [-0.2, -0.15) is 0 Å². The van der Waals surface area contributed by atoms with Crippen molar-refractivity contribution in [1.29, 1.82) is 0 Å². The van der Waals surface area contributed by atoms with Crippen molar-refractivity contribution in [2.75, 3.05) is 13.2 Å². The molecule has 0 saturated carbocycles. The highest BCUT2D eigenvalue weighted by Crippen LogP contribution is 2.38. The van der Waals surface area contributed by atoms with E-state index in [0.29, 0.717) is 23.2 Å². The van der Waals surface area contributed by atoms with Crippen molar-refractivity contribution >= 4 is 11.7 Å². The van der Waals surface area contributed by atoms with Crippen LogP contribution in [0.2, 0.25) is 0 Å². The van der Waals surface area contributed by atoms with Crippen LogP contribution in [0, 0.1) is 0 Å². The standard InChI is InChI=1S/C19H17NO3/c21-18-14-7-2-1-6-13(14)17-15(18)8-3-9-16(17)19(22)20-11-12-5-4-10-23-12/h1-3,6-9,12H,4-5,10-11H2,(H,20,22). The van der Waals surface area contributed by atoms with Gasteiger partial charge in [0.25, 0.3) is 5.91 Å². The number of benzene rings is 2. The average Bonchev–Trinajstić information content (AvgIpc) is 3.20. The van der Waals surface area contributed by atoms with Crippen LogP contribution >= 0.6 is 0 Å². The van der Waals surface area contributed by atoms with Gasteiger partial charge in [0.2, 0.25) is 0 Å². The largest absolute Gasteiger partial charge is 0.376 e. The van der Waals surface area contributed by atoms with E-state index in [0.717, 1.165) is 30.6 Å². The number of ketones is 1. The lowest BCUT2D eigenvalue weighted by atomic mass is 9.99. The number of ether oxygens (including phenoxy) is 1. The van der Waals surface area contributed by atoms with Gasteiger partial charge in [0.1, 0.15) is 0 Å². The van der Waals surface area contributed by atoms with E-state index in [-0.39, 0.29) is 17.8 Å². The van der Waals surface area contributed by atoms with E-state index in [9.17, 15) is 9.59 Å². The molecule has 1 heterocycles. The molecule has 1 unspecified atom stereocenters. The third kappa shape index (κ3) is 2.35. The third-order valence-electron chi connectivity index (χ3n) is 4.51. The molecule has 1 atom stereocenters. The highest BCUT2D eigenvalue weighted by molar-refractivity contribution is 6.24. The Bertz CT molecular complexity index is 791. The molecule has 2 aromatic carbocycles. The van der Waals surface area contributed by atoms with Crippen LogP contribution in [0.5, 0.6) is 0 Å². The fourth-order valence-corrected chi connectivity index (χ4v) is 3.37. The predicted molar refractivity (Wildman–Crippen MR) is 86.6 cm³/mol. The normalized spacial score (nSPS) is 18.6. The van der Waals surface area contributed by atoms with Crippen molar-refractivity contribution in [2.24, 2.45) is 0 Å². The smallest absolute Gasteiger partial charge is 0.252 e. The quantitative estimate of drug-likeness (QED) is 0.809. The van der Waals surface area contributed by atoms with Crippen molar-refractivity contribution in [1.82, 2.24) is 5.32 Å². The first-order valence-corrected chi connectivity index (χ1v) is 7.92. The number of hydrogen-bond acceptors (Lipinski definition) is 3. The van der Waals surface area contributed by atoms with Gasteiger partial charge in [-0.25, -0.2) is 0 Å². The second-order valence-corrected chi connectivity index (χ2v) is 5.95. The van der Waals surface area contributed by atoms with Gasteiger partial charge in [0, 0.05) is 35.4 Å². The van der Waals surface area contributed by atoms with Gasteiger partial charge < -0.3 is 10.1 Å². The molecule has 0 spiro atoms. The Labute approximate surface area is 134 Å². The summed E-state index contributed by atoms with van der Waals surface area (Å²) < 4.78 is 5.54. The van der Waals surface area contributed by atoms with Crippen molar-refractivity contribution in [3.8, 4) is 11.1 Å². The minimum atomic E-state index is -0.151. The molecule has 0 aromatic heterocycles. The van der Waals surface area contributed by atoms with E-state index in [1.165, 1.54) is 0 Å². The molecule has 1 aliphatic carbocycles. The molecule has 116 valence electrons. The van der Waals surface area contributed by atoms with Crippen molar-refractivity contribution in [3.63, 3.8) is 0 Å². The van der Waals surface area contributed by atoms with Gasteiger partial charge in [-0.15, -0.1) is 0 Å². The van der Waals surface area contributed by atoms with Gasteiger partial charge in [-0.1, -0.05) is 36.4 Å². The molecule has 1 fully saturated rings. The summed E-state index contributed by atoms with van der Waals surface area (Å²) in [6.45, 7) is 1.28. The summed E-state index contributed by atoms with van der Waals surface area (Å²) in [6, 6.07) is 12.8. The Hall–Kier alpha value is -2.46. The number of carbonyl (C=O) groups is 2. The maximum absolute atomic E-state index is 12.6. The molecule has 2 aromatic rings. The average molecular weight is 307 g/mol. The minimum Gasteiger partial charge on any atom is -0.376 e. The Morgan fingerprint density at radius 2 is 1.87 bits per heavy atom. The molecule has 4 heteroatoms. The molecule has 4 nitrogen and oxygen atoms in total. The number of rotatable bonds is 3. The Kier molecular flexibility index (Phi) is 3.46. The van der Waals surface area contributed by atoms with Crippen LogP contribution in [-0.4, -0.2) is 30.9 Å². The van der Waals surface area contributed by atoms with Crippen LogP contribution in [0.3, 0.4) is 0 Å². The van der Waals surface area contributed by atoms with Crippen LogP contribution in [0.15, 0.2) is 42.5 Å². The van der Waals surface area contributed by atoms with Crippen molar-refractivity contribution in [2.45, 2.75) is 18.9 Å². The summed E-state index contributed by atoms with van der Waals surface area (Å²) in [4.78, 5) is 25.1. The first-order chi connectivity index (χ1) is 11.3. The molecule has 1 N–H and O–H groups in total. The van der Waals surface area contributed by atoms with E-state index in [1.54, 1.807) is 18.2 Å². The zero-order valence-electron chi connectivity index (χ0n) is 12.7. The summed E-state index contributed by atoms with van der Waals surface area (Å²) in [6.07, 6.45) is 2.13. The summed E-state index contributed by atoms with van der Waals surface area (Å²) in [5, 5.41) is 2.94. The van der Waals surface area contributed by atoms with Crippen LogP contribution in [0.25, 0.3) is 11.1 Å². The van der Waals surface area contributed by atoms with Gasteiger partial charge in [0.05, 0.1) is 6.10 Å². The third-order valence-corrected chi connectivity index (χ3v) is 4.51.